The van der Waals surface area contributed by atoms with Crippen molar-refractivity contribution in [3.8, 4) is 11.4 Å². The summed E-state index contributed by atoms with van der Waals surface area (Å²) in [5, 5.41) is 15.0. The summed E-state index contributed by atoms with van der Waals surface area (Å²) in [7, 11) is 0. The van der Waals surface area contributed by atoms with E-state index < -0.39 is 0 Å². The van der Waals surface area contributed by atoms with E-state index in [0.29, 0.717) is 11.9 Å². The first-order valence-electron chi connectivity index (χ1n) is 10.6. The third-order valence-electron chi connectivity index (χ3n) is 5.81. The molecule has 0 bridgehead atoms. The number of rotatable bonds is 6. The first kappa shape index (κ1) is 18.1. The van der Waals surface area contributed by atoms with Crippen molar-refractivity contribution in [2.75, 3.05) is 16.8 Å². The van der Waals surface area contributed by atoms with Gasteiger partial charge in [0, 0.05) is 42.7 Å². The Hall–Kier alpha value is -3.75. The lowest BCUT2D eigenvalue weighted by molar-refractivity contribution is 0.362. The Kier molecular flexibility index (Phi) is 4.37. The second-order valence-electron chi connectivity index (χ2n) is 8.03. The van der Waals surface area contributed by atoms with Gasteiger partial charge in [-0.2, -0.15) is 10.1 Å². The van der Waals surface area contributed by atoms with E-state index in [4.69, 9.17) is 9.51 Å². The average molecular weight is 414 g/mol. The molecule has 0 amide bonds. The molecule has 0 radical (unpaired) electrons. The maximum absolute atomic E-state index is 5.69. The van der Waals surface area contributed by atoms with E-state index in [1.807, 2.05) is 30.3 Å². The number of hydrogen-bond acceptors (Lipinski definition) is 8. The Morgan fingerprint density at radius 3 is 2.84 bits per heavy atom. The molecule has 6 rings (SSSR count). The Balaban J connectivity index is 1.22. The van der Waals surface area contributed by atoms with Gasteiger partial charge in [0.1, 0.15) is 11.5 Å². The van der Waals surface area contributed by atoms with Crippen molar-refractivity contribution < 1.29 is 4.52 Å². The Morgan fingerprint density at radius 2 is 1.97 bits per heavy atom. The van der Waals surface area contributed by atoms with Crippen molar-refractivity contribution in [2.45, 2.75) is 37.6 Å². The lowest BCUT2D eigenvalue weighted by Crippen LogP contribution is -2.24. The first-order valence-corrected chi connectivity index (χ1v) is 10.6. The molecule has 2 aliphatic rings. The molecule has 0 unspecified atom stereocenters. The highest BCUT2D eigenvalue weighted by atomic mass is 16.5. The molecule has 0 spiro atoms. The van der Waals surface area contributed by atoms with Gasteiger partial charge in [0.2, 0.25) is 5.95 Å². The van der Waals surface area contributed by atoms with Crippen LogP contribution in [0.2, 0.25) is 0 Å². The molecule has 1 aliphatic carbocycles. The third-order valence-corrected chi connectivity index (χ3v) is 5.81. The normalized spacial score (nSPS) is 18.5. The van der Waals surface area contributed by atoms with Crippen LogP contribution in [0.3, 0.4) is 0 Å². The van der Waals surface area contributed by atoms with Gasteiger partial charge in [-0.1, -0.05) is 11.2 Å². The van der Waals surface area contributed by atoms with Gasteiger partial charge in [-0.15, -0.1) is 0 Å². The lowest BCUT2D eigenvalue weighted by Gasteiger charge is -2.22. The number of nitrogens with zero attached hydrogens (tertiary/aromatic N) is 6. The van der Waals surface area contributed by atoms with Crippen LogP contribution in [-0.2, 0) is 0 Å². The lowest BCUT2D eigenvalue weighted by atomic mass is 10.1. The molecule has 5 heterocycles. The fourth-order valence-corrected chi connectivity index (χ4v) is 4.07. The highest BCUT2D eigenvalue weighted by Crippen LogP contribution is 2.40. The van der Waals surface area contributed by atoms with Crippen molar-refractivity contribution in [1.29, 1.82) is 0 Å². The van der Waals surface area contributed by atoms with Gasteiger partial charge in [0.05, 0.1) is 11.7 Å². The molecule has 2 fully saturated rings. The molecular weight excluding hydrogens is 392 g/mol. The molecule has 2 N–H and O–H groups in total. The molecule has 1 aliphatic heterocycles. The van der Waals surface area contributed by atoms with Gasteiger partial charge in [-0.25, -0.2) is 4.98 Å². The second kappa shape index (κ2) is 7.50. The van der Waals surface area contributed by atoms with Gasteiger partial charge in [0.25, 0.3) is 0 Å². The first-order chi connectivity index (χ1) is 15.3. The van der Waals surface area contributed by atoms with Crippen LogP contribution in [0, 0.1) is 0 Å². The minimum absolute atomic E-state index is 0.0482. The third kappa shape index (κ3) is 3.63. The van der Waals surface area contributed by atoms with E-state index in [-0.39, 0.29) is 6.04 Å². The van der Waals surface area contributed by atoms with Crippen molar-refractivity contribution in [3.63, 3.8) is 0 Å². The number of aromatic nitrogens is 6. The summed E-state index contributed by atoms with van der Waals surface area (Å²) >= 11 is 0. The van der Waals surface area contributed by atoms with Gasteiger partial charge in [-0.3, -0.25) is 10.1 Å². The molecule has 1 saturated carbocycles. The zero-order valence-electron chi connectivity index (χ0n) is 16.9. The Bertz CT molecular complexity index is 1180. The smallest absolute Gasteiger partial charge is 0.227 e. The van der Waals surface area contributed by atoms with Crippen LogP contribution in [0.15, 0.2) is 53.3 Å². The van der Waals surface area contributed by atoms with Crippen LogP contribution in [0.5, 0.6) is 0 Å². The SMILES string of the molecule is c1ccc(-c2cc([C@@H]3CCCN3c3nccc(Nc4cc(C5CC5)[nH]n4)n3)on2)nc1. The topological polar surface area (TPSA) is 109 Å². The molecule has 9 heteroatoms. The Labute approximate surface area is 178 Å². The number of H-pyrrole nitrogens is 1. The predicted octanol–water partition coefficient (Wildman–Crippen LogP) is 4.21. The standard InChI is InChI=1S/C22H22N8O/c1-2-9-23-15(4-1)17-12-19(31-29-17)18-5-3-11-30(18)22-24-10-8-20(26-22)25-21-13-16(27-28-21)14-6-7-14/h1-2,4,8-10,12-14,18H,3,5-7,11H2,(H2,24,25,26,27,28)/t18-/m0/s1. The molecular formula is C22H22N8O. The summed E-state index contributed by atoms with van der Waals surface area (Å²) in [6.45, 7) is 0.863. The molecule has 0 aromatic carbocycles. The van der Waals surface area contributed by atoms with Crippen molar-refractivity contribution in [3.05, 3.63) is 60.2 Å². The summed E-state index contributed by atoms with van der Waals surface area (Å²) in [5.74, 6) is 3.60. The van der Waals surface area contributed by atoms with E-state index in [2.05, 4.69) is 41.6 Å². The van der Waals surface area contributed by atoms with Crippen LogP contribution < -0.4 is 10.2 Å². The number of pyridine rings is 1. The van der Waals surface area contributed by atoms with Crippen LogP contribution in [0.25, 0.3) is 11.4 Å². The van der Waals surface area contributed by atoms with E-state index in [0.717, 1.165) is 48.2 Å². The zero-order chi connectivity index (χ0) is 20.6. The van der Waals surface area contributed by atoms with Crippen molar-refractivity contribution in [1.82, 2.24) is 30.3 Å². The van der Waals surface area contributed by atoms with E-state index >= 15 is 0 Å². The second-order valence-corrected chi connectivity index (χ2v) is 8.03. The zero-order valence-corrected chi connectivity index (χ0v) is 16.9. The molecule has 4 aromatic heterocycles. The summed E-state index contributed by atoms with van der Waals surface area (Å²) < 4.78 is 5.69. The quantitative estimate of drug-likeness (QED) is 0.483. The number of nitrogens with one attached hydrogen (secondary N) is 2. The maximum Gasteiger partial charge on any atom is 0.227 e. The highest BCUT2D eigenvalue weighted by molar-refractivity contribution is 5.56. The number of aromatic amines is 1. The minimum atomic E-state index is 0.0482. The maximum atomic E-state index is 5.69. The van der Waals surface area contributed by atoms with Crippen LogP contribution in [0.1, 0.15) is 49.1 Å². The van der Waals surface area contributed by atoms with Gasteiger partial charge < -0.3 is 14.7 Å². The minimum Gasteiger partial charge on any atom is -0.358 e. The van der Waals surface area contributed by atoms with Gasteiger partial charge >= 0.3 is 0 Å². The van der Waals surface area contributed by atoms with E-state index in [1.165, 1.54) is 18.5 Å². The summed E-state index contributed by atoms with van der Waals surface area (Å²) in [5.41, 5.74) is 2.73. The number of hydrogen-bond donors (Lipinski definition) is 2. The molecule has 1 atom stereocenters. The number of anilines is 3. The summed E-state index contributed by atoms with van der Waals surface area (Å²) in [4.78, 5) is 15.8. The van der Waals surface area contributed by atoms with Gasteiger partial charge in [0.15, 0.2) is 11.6 Å². The van der Waals surface area contributed by atoms with E-state index in [9.17, 15) is 0 Å². The van der Waals surface area contributed by atoms with Gasteiger partial charge in [-0.05, 0) is 43.9 Å². The summed E-state index contributed by atoms with van der Waals surface area (Å²) in [6, 6.07) is 11.7. The molecule has 31 heavy (non-hydrogen) atoms. The molecule has 9 nitrogen and oxygen atoms in total. The fourth-order valence-electron chi connectivity index (χ4n) is 4.07. The van der Waals surface area contributed by atoms with E-state index in [1.54, 1.807) is 12.4 Å². The van der Waals surface area contributed by atoms with Crippen LogP contribution >= 0.6 is 0 Å². The molecule has 156 valence electrons. The largest absolute Gasteiger partial charge is 0.358 e. The predicted molar refractivity (Wildman–Crippen MR) is 115 cm³/mol. The molecule has 1 saturated heterocycles. The monoisotopic (exact) mass is 414 g/mol. The highest BCUT2D eigenvalue weighted by Gasteiger charge is 2.31. The summed E-state index contributed by atoms with van der Waals surface area (Å²) in [6.07, 6.45) is 8.00. The van der Waals surface area contributed by atoms with Crippen LogP contribution in [-0.4, -0.2) is 36.9 Å². The fraction of sp³-hybridized carbons (Fsp3) is 0.318. The Morgan fingerprint density at radius 1 is 1.00 bits per heavy atom. The van der Waals surface area contributed by atoms with Crippen LogP contribution in [0.4, 0.5) is 17.6 Å². The van der Waals surface area contributed by atoms with Crippen molar-refractivity contribution >= 4 is 17.6 Å². The molecule has 4 aromatic rings. The average Bonchev–Trinajstić information content (AvgIpc) is 3.21. The van der Waals surface area contributed by atoms with Crippen molar-refractivity contribution in [2.24, 2.45) is 0 Å².